The number of benzene rings is 1. The maximum Gasteiger partial charge on any atom is 0.0406 e. The maximum absolute atomic E-state index is 6.17. The summed E-state index contributed by atoms with van der Waals surface area (Å²) >= 11 is 6.17. The Morgan fingerprint density at radius 3 is 2.30 bits per heavy atom. The van der Waals surface area contributed by atoms with E-state index in [0.717, 1.165) is 29.9 Å². The van der Waals surface area contributed by atoms with Crippen LogP contribution in [0.25, 0.3) is 0 Å². The SMILES string of the molecule is CC(C)(C)NCCCNCC12CC3CC(C1)CC(c1ccc(Cl)cc1)(C3)C2. The van der Waals surface area contributed by atoms with Gasteiger partial charge in [-0.3, -0.25) is 0 Å². The molecule has 3 heteroatoms. The van der Waals surface area contributed by atoms with Gasteiger partial charge in [0.2, 0.25) is 0 Å². The lowest BCUT2D eigenvalue weighted by atomic mass is 9.43. The molecule has 1 aromatic carbocycles. The van der Waals surface area contributed by atoms with Crippen molar-refractivity contribution in [3.05, 3.63) is 34.9 Å². The summed E-state index contributed by atoms with van der Waals surface area (Å²) in [5, 5.41) is 8.31. The van der Waals surface area contributed by atoms with Gasteiger partial charge in [-0.25, -0.2) is 0 Å². The van der Waals surface area contributed by atoms with Gasteiger partial charge < -0.3 is 10.6 Å². The molecule has 0 aliphatic heterocycles. The summed E-state index contributed by atoms with van der Waals surface area (Å²) in [6, 6.07) is 8.83. The standard InChI is InChI=1S/C24H37ClN2/c1-22(2,3)27-10-4-9-26-17-23-12-18-11-19(13-23)15-24(14-18,16-23)20-5-7-21(25)8-6-20/h5-8,18-19,26-27H,4,9-17H2,1-3H3. The lowest BCUT2D eigenvalue weighted by Crippen LogP contribution is -2.57. The zero-order chi connectivity index (χ0) is 19.1. The van der Waals surface area contributed by atoms with E-state index in [4.69, 9.17) is 11.6 Å². The lowest BCUT2D eigenvalue weighted by molar-refractivity contribution is -0.0706. The molecule has 0 radical (unpaired) electrons. The molecule has 4 aliphatic carbocycles. The molecular weight excluding hydrogens is 352 g/mol. The molecule has 0 amide bonds. The highest BCUT2D eigenvalue weighted by Gasteiger charge is 2.57. The minimum absolute atomic E-state index is 0.227. The minimum Gasteiger partial charge on any atom is -0.316 e. The summed E-state index contributed by atoms with van der Waals surface area (Å²) in [4.78, 5) is 0. The largest absolute Gasteiger partial charge is 0.316 e. The van der Waals surface area contributed by atoms with Gasteiger partial charge in [0.05, 0.1) is 0 Å². The van der Waals surface area contributed by atoms with Gasteiger partial charge in [-0.15, -0.1) is 0 Å². The van der Waals surface area contributed by atoms with Crippen molar-refractivity contribution in [2.24, 2.45) is 17.3 Å². The topological polar surface area (TPSA) is 24.1 Å². The molecule has 27 heavy (non-hydrogen) atoms. The maximum atomic E-state index is 6.17. The molecule has 0 spiro atoms. The molecule has 2 N–H and O–H groups in total. The van der Waals surface area contributed by atoms with E-state index in [1.807, 2.05) is 0 Å². The van der Waals surface area contributed by atoms with Gasteiger partial charge in [0.15, 0.2) is 0 Å². The van der Waals surface area contributed by atoms with Crippen LogP contribution in [0.2, 0.25) is 5.02 Å². The lowest BCUT2D eigenvalue weighted by Gasteiger charge is -2.62. The fourth-order valence-corrected chi connectivity index (χ4v) is 6.96. The van der Waals surface area contributed by atoms with E-state index in [1.54, 1.807) is 5.56 Å². The molecule has 2 nitrogen and oxygen atoms in total. The van der Waals surface area contributed by atoms with Crippen LogP contribution in [0.4, 0.5) is 0 Å². The minimum atomic E-state index is 0.227. The van der Waals surface area contributed by atoms with Crippen LogP contribution >= 0.6 is 11.6 Å². The predicted molar refractivity (Wildman–Crippen MR) is 115 cm³/mol. The number of hydrogen-bond donors (Lipinski definition) is 2. The second-order valence-corrected chi connectivity index (χ2v) is 11.4. The zero-order valence-corrected chi connectivity index (χ0v) is 18.2. The Labute approximate surface area is 170 Å². The van der Waals surface area contributed by atoms with Crippen molar-refractivity contribution in [3.8, 4) is 0 Å². The molecule has 5 rings (SSSR count). The first-order chi connectivity index (χ1) is 12.8. The molecular formula is C24H37ClN2. The average Bonchev–Trinajstić information content (AvgIpc) is 2.56. The number of halogens is 1. The van der Waals surface area contributed by atoms with Gasteiger partial charge >= 0.3 is 0 Å². The Hall–Kier alpha value is -0.570. The van der Waals surface area contributed by atoms with Gasteiger partial charge in [0, 0.05) is 17.1 Å². The summed E-state index contributed by atoms with van der Waals surface area (Å²) in [5.41, 5.74) is 2.73. The highest BCUT2D eigenvalue weighted by atomic mass is 35.5. The van der Waals surface area contributed by atoms with E-state index in [-0.39, 0.29) is 5.54 Å². The van der Waals surface area contributed by atoms with Crippen molar-refractivity contribution in [1.82, 2.24) is 10.6 Å². The second-order valence-electron chi connectivity index (χ2n) is 11.0. The molecule has 2 unspecified atom stereocenters. The summed E-state index contributed by atoms with van der Waals surface area (Å²) in [7, 11) is 0. The van der Waals surface area contributed by atoms with E-state index >= 15 is 0 Å². The normalized spacial score (nSPS) is 35.0. The summed E-state index contributed by atoms with van der Waals surface area (Å²) in [6.07, 6.45) is 9.78. The second kappa shape index (κ2) is 7.35. The third-order valence-corrected chi connectivity index (χ3v) is 7.58. The molecule has 4 aliphatic rings. The van der Waals surface area contributed by atoms with E-state index in [0.29, 0.717) is 10.8 Å². The highest BCUT2D eigenvalue weighted by molar-refractivity contribution is 6.30. The van der Waals surface area contributed by atoms with Gasteiger partial charge in [-0.2, -0.15) is 0 Å². The van der Waals surface area contributed by atoms with E-state index in [2.05, 4.69) is 55.7 Å². The van der Waals surface area contributed by atoms with Crippen LogP contribution in [0.1, 0.15) is 71.3 Å². The fourth-order valence-electron chi connectivity index (χ4n) is 6.83. The summed E-state index contributed by atoms with van der Waals surface area (Å²) in [5.74, 6) is 1.87. The predicted octanol–water partition coefficient (Wildman–Crippen LogP) is 5.55. The first kappa shape index (κ1) is 19.7. The van der Waals surface area contributed by atoms with Gasteiger partial charge in [-0.05, 0) is 119 Å². The van der Waals surface area contributed by atoms with Gasteiger partial charge in [0.1, 0.15) is 0 Å². The van der Waals surface area contributed by atoms with Crippen molar-refractivity contribution in [1.29, 1.82) is 0 Å². The first-order valence-corrected chi connectivity index (χ1v) is 11.4. The van der Waals surface area contributed by atoms with Crippen molar-refractivity contribution < 1.29 is 0 Å². The third kappa shape index (κ3) is 4.38. The van der Waals surface area contributed by atoms with Crippen LogP contribution in [0.3, 0.4) is 0 Å². The van der Waals surface area contributed by atoms with Crippen LogP contribution in [0.15, 0.2) is 24.3 Å². The highest BCUT2D eigenvalue weighted by Crippen LogP contribution is 2.65. The molecule has 0 saturated heterocycles. The molecule has 0 heterocycles. The summed E-state index contributed by atoms with van der Waals surface area (Å²) in [6.45, 7) is 10.2. The van der Waals surface area contributed by atoms with Crippen LogP contribution in [-0.4, -0.2) is 25.2 Å². The average molecular weight is 389 g/mol. The first-order valence-electron chi connectivity index (χ1n) is 11.0. The van der Waals surface area contributed by atoms with Crippen LogP contribution in [-0.2, 0) is 5.41 Å². The molecule has 4 saturated carbocycles. The van der Waals surface area contributed by atoms with Crippen molar-refractivity contribution in [3.63, 3.8) is 0 Å². The van der Waals surface area contributed by atoms with Crippen LogP contribution in [0, 0.1) is 17.3 Å². The van der Waals surface area contributed by atoms with Gasteiger partial charge in [0.25, 0.3) is 0 Å². The van der Waals surface area contributed by atoms with Crippen LogP contribution < -0.4 is 10.6 Å². The molecule has 150 valence electrons. The zero-order valence-electron chi connectivity index (χ0n) is 17.4. The van der Waals surface area contributed by atoms with Crippen molar-refractivity contribution in [2.75, 3.05) is 19.6 Å². The Balaban J connectivity index is 1.38. The number of rotatable bonds is 7. The third-order valence-electron chi connectivity index (χ3n) is 7.32. The Morgan fingerprint density at radius 2 is 1.67 bits per heavy atom. The van der Waals surface area contributed by atoms with Crippen LogP contribution in [0.5, 0.6) is 0 Å². The molecule has 4 fully saturated rings. The van der Waals surface area contributed by atoms with Crippen molar-refractivity contribution in [2.45, 2.75) is 76.7 Å². The quantitative estimate of drug-likeness (QED) is 0.598. The molecule has 2 atom stereocenters. The Morgan fingerprint density at radius 1 is 1.00 bits per heavy atom. The van der Waals surface area contributed by atoms with E-state index < -0.39 is 0 Å². The molecule has 4 bridgehead atoms. The van der Waals surface area contributed by atoms with E-state index in [9.17, 15) is 0 Å². The molecule has 0 aromatic heterocycles. The smallest absolute Gasteiger partial charge is 0.0406 e. The number of hydrogen-bond acceptors (Lipinski definition) is 2. The van der Waals surface area contributed by atoms with Crippen molar-refractivity contribution >= 4 is 11.6 Å². The van der Waals surface area contributed by atoms with Gasteiger partial charge in [-0.1, -0.05) is 23.7 Å². The Bertz CT molecular complexity index is 631. The molecule has 1 aromatic rings. The fraction of sp³-hybridized carbons (Fsp3) is 0.750. The monoisotopic (exact) mass is 388 g/mol. The number of nitrogens with one attached hydrogen (secondary N) is 2. The summed E-state index contributed by atoms with van der Waals surface area (Å²) < 4.78 is 0. The van der Waals surface area contributed by atoms with E-state index in [1.165, 1.54) is 51.5 Å². The Kier molecular flexibility index (Phi) is 5.37.